The normalized spacial score (nSPS) is 10.2. The van der Waals surface area contributed by atoms with Gasteiger partial charge in [-0.15, -0.1) is 0 Å². The summed E-state index contributed by atoms with van der Waals surface area (Å²) in [6, 6.07) is 0. The Bertz CT molecular complexity index is 402. The van der Waals surface area contributed by atoms with Gasteiger partial charge in [-0.3, -0.25) is 4.79 Å². The highest BCUT2D eigenvalue weighted by molar-refractivity contribution is 5.73. The lowest BCUT2D eigenvalue weighted by molar-refractivity contribution is -0.396. The van der Waals surface area contributed by atoms with Crippen molar-refractivity contribution in [2.75, 3.05) is 13.1 Å². The fourth-order valence-corrected chi connectivity index (χ4v) is 1.57. The van der Waals surface area contributed by atoms with E-state index < -0.39 is 4.92 Å². The Hall–Kier alpha value is -1.92. The minimum atomic E-state index is -0.530. The van der Waals surface area contributed by atoms with E-state index in [2.05, 4.69) is 4.98 Å². The van der Waals surface area contributed by atoms with Gasteiger partial charge in [0.15, 0.2) is 0 Å². The molecule has 0 saturated carbocycles. The lowest BCUT2D eigenvalue weighted by atomic mass is 10.4. The van der Waals surface area contributed by atoms with E-state index in [4.69, 9.17) is 0 Å². The number of nitro groups is 1. The molecule has 1 aromatic heterocycles. The summed E-state index contributed by atoms with van der Waals surface area (Å²) in [5.74, 6) is -0.209. The maximum absolute atomic E-state index is 11.3. The zero-order valence-electron chi connectivity index (χ0n) is 10.00. The Labute approximate surface area is 99.2 Å². The van der Waals surface area contributed by atoms with E-state index in [1.807, 2.05) is 6.92 Å². The number of rotatable bonds is 6. The van der Waals surface area contributed by atoms with Gasteiger partial charge in [-0.1, -0.05) is 11.9 Å². The SMILES string of the molecule is CCCN(CCn1ccnc1[N+](=O)[O-])C(C)=O. The van der Waals surface area contributed by atoms with Crippen LogP contribution in [0.3, 0.4) is 0 Å². The number of hydrogen-bond acceptors (Lipinski definition) is 4. The van der Waals surface area contributed by atoms with Crippen LogP contribution in [0.1, 0.15) is 20.3 Å². The van der Waals surface area contributed by atoms with Crippen LogP contribution in [0, 0.1) is 10.1 Å². The molecule has 7 heteroatoms. The zero-order chi connectivity index (χ0) is 12.8. The Morgan fingerprint density at radius 2 is 2.29 bits per heavy atom. The molecule has 0 aliphatic rings. The molecule has 0 spiro atoms. The summed E-state index contributed by atoms with van der Waals surface area (Å²) >= 11 is 0. The van der Waals surface area contributed by atoms with Gasteiger partial charge in [-0.25, -0.2) is 4.57 Å². The molecule has 0 unspecified atom stereocenters. The topological polar surface area (TPSA) is 81.3 Å². The van der Waals surface area contributed by atoms with Gasteiger partial charge in [0.25, 0.3) is 0 Å². The minimum absolute atomic E-state index is 0.0189. The Balaban J connectivity index is 2.62. The van der Waals surface area contributed by atoms with Gasteiger partial charge in [0.1, 0.15) is 12.4 Å². The molecule has 1 amide bonds. The van der Waals surface area contributed by atoms with E-state index in [-0.39, 0.29) is 11.9 Å². The predicted molar refractivity (Wildman–Crippen MR) is 61.4 cm³/mol. The smallest absolute Gasteiger partial charge is 0.390 e. The average molecular weight is 240 g/mol. The van der Waals surface area contributed by atoms with Gasteiger partial charge in [0, 0.05) is 13.5 Å². The maximum atomic E-state index is 11.3. The first kappa shape index (κ1) is 13.1. The summed E-state index contributed by atoms with van der Waals surface area (Å²) in [6.07, 6.45) is 3.80. The molecule has 0 aliphatic carbocycles. The largest absolute Gasteiger partial charge is 0.434 e. The highest BCUT2D eigenvalue weighted by atomic mass is 16.6. The lowest BCUT2D eigenvalue weighted by Crippen LogP contribution is -2.32. The second-order valence-corrected chi connectivity index (χ2v) is 3.68. The van der Waals surface area contributed by atoms with Crippen molar-refractivity contribution in [2.24, 2.45) is 0 Å². The predicted octanol–water partition coefficient (Wildman–Crippen LogP) is 1.05. The van der Waals surface area contributed by atoms with Gasteiger partial charge >= 0.3 is 5.95 Å². The molecule has 0 N–H and O–H groups in total. The summed E-state index contributed by atoms with van der Waals surface area (Å²) in [5.41, 5.74) is 0. The van der Waals surface area contributed by atoms with Crippen molar-refractivity contribution in [3.8, 4) is 0 Å². The average Bonchev–Trinajstić information content (AvgIpc) is 2.71. The van der Waals surface area contributed by atoms with Crippen LogP contribution >= 0.6 is 0 Å². The number of amides is 1. The zero-order valence-corrected chi connectivity index (χ0v) is 10.00. The van der Waals surface area contributed by atoms with Crippen molar-refractivity contribution in [2.45, 2.75) is 26.8 Å². The second kappa shape index (κ2) is 5.97. The van der Waals surface area contributed by atoms with Crippen LogP contribution < -0.4 is 0 Å². The molecule has 0 aromatic carbocycles. The lowest BCUT2D eigenvalue weighted by Gasteiger charge is -2.19. The third kappa shape index (κ3) is 3.54. The van der Waals surface area contributed by atoms with Crippen molar-refractivity contribution < 1.29 is 9.72 Å². The number of nitrogens with zero attached hydrogens (tertiary/aromatic N) is 4. The van der Waals surface area contributed by atoms with Gasteiger partial charge in [0.2, 0.25) is 5.91 Å². The van der Waals surface area contributed by atoms with Crippen LogP contribution in [-0.2, 0) is 11.3 Å². The third-order valence-electron chi connectivity index (χ3n) is 2.41. The first-order valence-corrected chi connectivity index (χ1v) is 5.47. The fourth-order valence-electron chi connectivity index (χ4n) is 1.57. The number of carbonyl (C=O) groups excluding carboxylic acids is 1. The monoisotopic (exact) mass is 240 g/mol. The van der Waals surface area contributed by atoms with E-state index >= 15 is 0 Å². The number of imidazole rings is 1. The van der Waals surface area contributed by atoms with Crippen LogP contribution in [0.4, 0.5) is 5.95 Å². The minimum Gasteiger partial charge on any atom is -0.390 e. The molecule has 0 bridgehead atoms. The van der Waals surface area contributed by atoms with Crippen molar-refractivity contribution in [1.82, 2.24) is 14.5 Å². The van der Waals surface area contributed by atoms with E-state index in [9.17, 15) is 14.9 Å². The van der Waals surface area contributed by atoms with Crippen LogP contribution in [-0.4, -0.2) is 38.4 Å². The van der Waals surface area contributed by atoms with Crippen LogP contribution in [0.25, 0.3) is 0 Å². The van der Waals surface area contributed by atoms with Gasteiger partial charge in [-0.2, -0.15) is 0 Å². The van der Waals surface area contributed by atoms with Gasteiger partial charge in [0.05, 0.1) is 13.1 Å². The number of hydrogen-bond donors (Lipinski definition) is 0. The van der Waals surface area contributed by atoms with E-state index in [1.165, 1.54) is 17.7 Å². The van der Waals surface area contributed by atoms with Crippen molar-refractivity contribution >= 4 is 11.9 Å². The van der Waals surface area contributed by atoms with Crippen LogP contribution in [0.5, 0.6) is 0 Å². The summed E-state index contributed by atoms with van der Waals surface area (Å²) in [7, 11) is 0. The van der Waals surface area contributed by atoms with Crippen molar-refractivity contribution in [3.05, 3.63) is 22.5 Å². The molecule has 1 aromatic rings. The molecule has 17 heavy (non-hydrogen) atoms. The first-order valence-electron chi connectivity index (χ1n) is 5.47. The first-order chi connectivity index (χ1) is 8.06. The molecule has 0 aliphatic heterocycles. The molecule has 0 saturated heterocycles. The van der Waals surface area contributed by atoms with Crippen molar-refractivity contribution in [1.29, 1.82) is 0 Å². The summed E-state index contributed by atoms with van der Waals surface area (Å²) < 4.78 is 1.44. The van der Waals surface area contributed by atoms with E-state index in [1.54, 1.807) is 11.1 Å². The molecule has 1 rings (SSSR count). The molecule has 0 atom stereocenters. The number of carbonyl (C=O) groups is 1. The Kier molecular flexibility index (Phi) is 4.62. The van der Waals surface area contributed by atoms with Crippen LogP contribution in [0.2, 0.25) is 0 Å². The summed E-state index contributed by atoms with van der Waals surface area (Å²) in [5, 5.41) is 10.6. The molecule has 94 valence electrons. The Morgan fingerprint density at radius 1 is 1.59 bits per heavy atom. The van der Waals surface area contributed by atoms with Crippen LogP contribution in [0.15, 0.2) is 12.4 Å². The summed E-state index contributed by atoms with van der Waals surface area (Å²) in [6.45, 7) is 4.99. The number of aromatic nitrogens is 2. The van der Waals surface area contributed by atoms with E-state index in [0.29, 0.717) is 19.6 Å². The summed E-state index contributed by atoms with van der Waals surface area (Å²) in [4.78, 5) is 26.7. The van der Waals surface area contributed by atoms with Gasteiger partial charge < -0.3 is 15.0 Å². The molecule has 7 nitrogen and oxygen atoms in total. The maximum Gasteiger partial charge on any atom is 0.434 e. The molecular weight excluding hydrogens is 224 g/mol. The standard InChI is InChI=1S/C10H16N4O3/c1-3-5-12(9(2)15)7-8-13-6-4-11-10(13)14(16)17/h4,6H,3,5,7-8H2,1-2H3. The van der Waals surface area contributed by atoms with Gasteiger partial charge in [-0.05, 0) is 11.3 Å². The Morgan fingerprint density at radius 3 is 2.82 bits per heavy atom. The fraction of sp³-hybridized carbons (Fsp3) is 0.600. The highest BCUT2D eigenvalue weighted by Crippen LogP contribution is 2.07. The third-order valence-corrected chi connectivity index (χ3v) is 2.41. The molecular formula is C10H16N4O3. The van der Waals surface area contributed by atoms with E-state index in [0.717, 1.165) is 6.42 Å². The van der Waals surface area contributed by atoms with Crippen molar-refractivity contribution in [3.63, 3.8) is 0 Å². The second-order valence-electron chi connectivity index (χ2n) is 3.68. The highest BCUT2D eigenvalue weighted by Gasteiger charge is 2.15. The molecule has 0 radical (unpaired) electrons. The quantitative estimate of drug-likeness (QED) is 0.549. The molecule has 0 fully saturated rings. The molecule has 1 heterocycles.